The Labute approximate surface area is 108 Å². The van der Waals surface area contributed by atoms with Crippen LogP contribution in [-0.2, 0) is 17.8 Å². The molecule has 0 bridgehead atoms. The molecule has 88 valence electrons. The van der Waals surface area contributed by atoms with Crippen molar-refractivity contribution in [1.82, 2.24) is 9.78 Å². The van der Waals surface area contributed by atoms with Crippen LogP contribution in [0.5, 0.6) is 0 Å². The number of hydrogen-bond donors (Lipinski definition) is 1. The Kier molecular flexibility index (Phi) is 2.64. The Hall–Kier alpha value is -1.33. The van der Waals surface area contributed by atoms with Crippen molar-refractivity contribution in [3.05, 3.63) is 40.0 Å². The van der Waals surface area contributed by atoms with E-state index in [2.05, 4.69) is 21.0 Å². The molecule has 1 aromatic carbocycles. The number of nitrogen functional groups attached to an aromatic ring is 1. The standard InChI is InChI=1S/C12H12BrN3O/c13-9-3-1-2-4-11(9)16-10-5-6-17-7-8(10)12(14)15-16/h1-4H,5-7H2,(H2,14,15). The quantitative estimate of drug-likeness (QED) is 0.878. The molecule has 0 unspecified atom stereocenters. The van der Waals surface area contributed by atoms with E-state index in [0.29, 0.717) is 12.4 Å². The monoisotopic (exact) mass is 293 g/mol. The van der Waals surface area contributed by atoms with E-state index in [9.17, 15) is 0 Å². The highest BCUT2D eigenvalue weighted by Crippen LogP contribution is 2.28. The average Bonchev–Trinajstić information content (AvgIpc) is 2.68. The molecule has 0 amide bonds. The summed E-state index contributed by atoms with van der Waals surface area (Å²) in [5, 5.41) is 4.41. The third kappa shape index (κ3) is 1.75. The molecule has 5 heteroatoms. The van der Waals surface area contributed by atoms with Crippen molar-refractivity contribution in [2.75, 3.05) is 12.3 Å². The number of nitrogens with two attached hydrogens (primary N) is 1. The largest absolute Gasteiger partial charge is 0.382 e. The van der Waals surface area contributed by atoms with Crippen molar-refractivity contribution < 1.29 is 4.74 Å². The number of aromatic nitrogens is 2. The number of anilines is 1. The van der Waals surface area contributed by atoms with Gasteiger partial charge in [0.1, 0.15) is 0 Å². The van der Waals surface area contributed by atoms with Crippen LogP contribution in [0.15, 0.2) is 28.7 Å². The summed E-state index contributed by atoms with van der Waals surface area (Å²) in [7, 11) is 0. The lowest BCUT2D eigenvalue weighted by Gasteiger charge is -2.15. The maximum absolute atomic E-state index is 5.92. The molecule has 0 saturated heterocycles. The van der Waals surface area contributed by atoms with Crippen molar-refractivity contribution in [2.45, 2.75) is 13.0 Å². The number of ether oxygens (including phenoxy) is 1. The fourth-order valence-corrected chi connectivity index (χ4v) is 2.54. The molecule has 2 aromatic rings. The second-order valence-corrected chi connectivity index (χ2v) is 4.83. The minimum atomic E-state index is 0.561. The van der Waals surface area contributed by atoms with Gasteiger partial charge in [-0.05, 0) is 28.1 Å². The Morgan fingerprint density at radius 3 is 3.00 bits per heavy atom. The lowest BCUT2D eigenvalue weighted by molar-refractivity contribution is 0.110. The van der Waals surface area contributed by atoms with Gasteiger partial charge in [-0.25, -0.2) is 4.68 Å². The van der Waals surface area contributed by atoms with Crippen molar-refractivity contribution in [3.8, 4) is 5.69 Å². The van der Waals surface area contributed by atoms with Crippen LogP contribution in [0.2, 0.25) is 0 Å². The third-order valence-corrected chi connectivity index (χ3v) is 3.60. The Morgan fingerprint density at radius 1 is 1.35 bits per heavy atom. The number of halogens is 1. The van der Waals surface area contributed by atoms with Gasteiger partial charge in [0.15, 0.2) is 5.82 Å². The van der Waals surface area contributed by atoms with Gasteiger partial charge in [0.2, 0.25) is 0 Å². The third-order valence-electron chi connectivity index (χ3n) is 2.93. The van der Waals surface area contributed by atoms with Gasteiger partial charge in [0.25, 0.3) is 0 Å². The second kappa shape index (κ2) is 4.16. The van der Waals surface area contributed by atoms with E-state index in [0.717, 1.165) is 34.4 Å². The van der Waals surface area contributed by atoms with E-state index in [1.807, 2.05) is 28.9 Å². The van der Waals surface area contributed by atoms with E-state index >= 15 is 0 Å². The Morgan fingerprint density at radius 2 is 2.18 bits per heavy atom. The molecular weight excluding hydrogens is 282 g/mol. The fraction of sp³-hybridized carbons (Fsp3) is 0.250. The van der Waals surface area contributed by atoms with Crippen LogP contribution < -0.4 is 5.73 Å². The number of hydrogen-bond acceptors (Lipinski definition) is 3. The maximum Gasteiger partial charge on any atom is 0.151 e. The molecule has 0 spiro atoms. The SMILES string of the molecule is Nc1nn(-c2ccccc2Br)c2c1COCC2. The van der Waals surface area contributed by atoms with Crippen molar-refractivity contribution in [1.29, 1.82) is 0 Å². The molecule has 0 aliphatic carbocycles. The zero-order valence-corrected chi connectivity index (χ0v) is 10.8. The molecule has 1 aromatic heterocycles. The van der Waals surface area contributed by atoms with Gasteiger partial charge in [-0.3, -0.25) is 0 Å². The van der Waals surface area contributed by atoms with Crippen molar-refractivity contribution >= 4 is 21.7 Å². The molecule has 1 aliphatic heterocycles. The molecule has 0 fully saturated rings. The molecule has 2 heterocycles. The van der Waals surface area contributed by atoms with Gasteiger partial charge < -0.3 is 10.5 Å². The van der Waals surface area contributed by atoms with Gasteiger partial charge in [0, 0.05) is 16.5 Å². The fourth-order valence-electron chi connectivity index (χ4n) is 2.08. The molecule has 2 N–H and O–H groups in total. The van der Waals surface area contributed by atoms with Gasteiger partial charge in [0.05, 0.1) is 24.6 Å². The summed E-state index contributed by atoms with van der Waals surface area (Å²) in [5.41, 5.74) is 9.11. The topological polar surface area (TPSA) is 53.1 Å². The molecule has 3 rings (SSSR count). The first-order valence-electron chi connectivity index (χ1n) is 5.46. The van der Waals surface area contributed by atoms with Gasteiger partial charge in [-0.2, -0.15) is 5.10 Å². The molecule has 0 saturated carbocycles. The molecule has 0 atom stereocenters. The maximum atomic E-state index is 5.92. The van der Waals surface area contributed by atoms with E-state index < -0.39 is 0 Å². The van der Waals surface area contributed by atoms with Crippen LogP contribution in [0, 0.1) is 0 Å². The van der Waals surface area contributed by atoms with Crippen LogP contribution in [0.4, 0.5) is 5.82 Å². The van der Waals surface area contributed by atoms with Gasteiger partial charge in [-0.15, -0.1) is 0 Å². The predicted molar refractivity (Wildman–Crippen MR) is 69.0 cm³/mol. The van der Waals surface area contributed by atoms with Crippen LogP contribution in [0.1, 0.15) is 11.3 Å². The summed E-state index contributed by atoms with van der Waals surface area (Å²) in [6.45, 7) is 1.29. The highest BCUT2D eigenvalue weighted by molar-refractivity contribution is 9.10. The smallest absolute Gasteiger partial charge is 0.151 e. The van der Waals surface area contributed by atoms with Gasteiger partial charge in [-0.1, -0.05) is 12.1 Å². The summed E-state index contributed by atoms with van der Waals surface area (Å²) in [6, 6.07) is 7.99. The molecule has 17 heavy (non-hydrogen) atoms. The molecule has 4 nitrogen and oxygen atoms in total. The highest BCUT2D eigenvalue weighted by Gasteiger charge is 2.21. The van der Waals surface area contributed by atoms with Crippen LogP contribution in [-0.4, -0.2) is 16.4 Å². The van der Waals surface area contributed by atoms with Crippen LogP contribution in [0.25, 0.3) is 5.69 Å². The lowest BCUT2D eigenvalue weighted by Crippen LogP contribution is -2.13. The number of nitrogens with zero attached hydrogens (tertiary/aromatic N) is 2. The summed E-state index contributed by atoms with van der Waals surface area (Å²) >= 11 is 3.54. The van der Waals surface area contributed by atoms with E-state index in [4.69, 9.17) is 10.5 Å². The van der Waals surface area contributed by atoms with Gasteiger partial charge >= 0.3 is 0 Å². The van der Waals surface area contributed by atoms with Crippen molar-refractivity contribution in [3.63, 3.8) is 0 Å². The second-order valence-electron chi connectivity index (χ2n) is 3.98. The minimum Gasteiger partial charge on any atom is -0.382 e. The number of fused-ring (bicyclic) bond motifs is 1. The Bertz CT molecular complexity index is 565. The number of rotatable bonds is 1. The summed E-state index contributed by atoms with van der Waals surface area (Å²) < 4.78 is 8.34. The molecule has 1 aliphatic rings. The summed E-state index contributed by atoms with van der Waals surface area (Å²) in [6.07, 6.45) is 0.848. The zero-order valence-electron chi connectivity index (χ0n) is 9.19. The number of benzene rings is 1. The highest BCUT2D eigenvalue weighted by atomic mass is 79.9. The van der Waals surface area contributed by atoms with E-state index in [1.54, 1.807) is 0 Å². The summed E-state index contributed by atoms with van der Waals surface area (Å²) in [5.74, 6) is 0.565. The first kappa shape index (κ1) is 10.8. The van der Waals surface area contributed by atoms with Crippen LogP contribution in [0.3, 0.4) is 0 Å². The normalized spacial score (nSPS) is 14.6. The first-order chi connectivity index (χ1) is 8.27. The Balaban J connectivity index is 2.19. The van der Waals surface area contributed by atoms with Crippen molar-refractivity contribution in [2.24, 2.45) is 0 Å². The first-order valence-corrected chi connectivity index (χ1v) is 6.25. The lowest BCUT2D eigenvalue weighted by atomic mass is 10.1. The summed E-state index contributed by atoms with van der Waals surface area (Å²) in [4.78, 5) is 0. The number of para-hydroxylation sites is 1. The van der Waals surface area contributed by atoms with E-state index in [-0.39, 0.29) is 0 Å². The minimum absolute atomic E-state index is 0.561. The average molecular weight is 294 g/mol. The molecular formula is C12H12BrN3O. The zero-order chi connectivity index (χ0) is 11.8. The predicted octanol–water partition coefficient (Wildman–Crippen LogP) is 2.29. The van der Waals surface area contributed by atoms with Crippen LogP contribution >= 0.6 is 15.9 Å². The molecule has 0 radical (unpaired) electrons. The van der Waals surface area contributed by atoms with E-state index in [1.165, 1.54) is 0 Å².